The van der Waals surface area contributed by atoms with Gasteiger partial charge in [0, 0.05) is 17.3 Å². The van der Waals surface area contributed by atoms with E-state index >= 15 is 0 Å². The van der Waals surface area contributed by atoms with E-state index in [-0.39, 0.29) is 180 Å². The Balaban J connectivity index is 0.00000374. The molecule has 5 aromatic rings. The average molecular weight is 999 g/mol. The van der Waals surface area contributed by atoms with Gasteiger partial charge in [0.2, 0.25) is 5.78 Å². The normalized spacial score (nSPS) is 12.9. The van der Waals surface area contributed by atoms with Gasteiger partial charge in [-0.3, -0.25) is 10.2 Å². The molecule has 2 amide bonds. The first-order chi connectivity index (χ1) is 29.0. The molecule has 22 nitrogen and oxygen atoms in total. The molecule has 0 atom stereocenters. The van der Waals surface area contributed by atoms with Crippen LogP contribution < -0.4 is 149 Å². The van der Waals surface area contributed by atoms with Crippen LogP contribution in [0.1, 0.15) is 31.8 Å². The molecule has 1 aliphatic rings. The standard InChI is InChI=1S/C37H30N6O16S3.4Na/c1-17-8-26(31(59-3)16-25(17)40-42-28-14-22(60(49,50)51)10-20-11-23(61(52,53)54)15-29(44)33(20)28)39-37(48)38-21-5-6-24-19(9-21)13-32(62(55,56)57)34(35(24)45)43-41-27-12-18(36(46)47)4-7-30(27)58-2;;;;/h4-16,41,44H,1-3H3,(H,46,47)(H2,38,39,48)(H,49,50,51)(H,52,53,54)(H,55,56,57);;;;/q;4*+1/p-4/b42-40?,43-34+;;;;. The van der Waals surface area contributed by atoms with E-state index in [1.807, 2.05) is 0 Å². The molecule has 1 aliphatic carbocycles. The van der Waals surface area contributed by atoms with Crippen LogP contribution in [-0.4, -0.2) is 81.7 Å². The van der Waals surface area contributed by atoms with Crippen molar-refractivity contribution in [2.75, 3.05) is 30.3 Å². The van der Waals surface area contributed by atoms with E-state index in [1.54, 1.807) is 0 Å². The molecule has 6 rings (SSSR count). The molecular weight excluding hydrogens is 973 g/mol. The summed E-state index contributed by atoms with van der Waals surface area (Å²) in [5.74, 6) is -3.29. The number of ether oxygens (including phenoxy) is 2. The molecule has 0 saturated carbocycles. The molecule has 0 saturated heterocycles. The summed E-state index contributed by atoms with van der Waals surface area (Å²) in [6.45, 7) is 1.53. The second-order valence-electron chi connectivity index (χ2n) is 12.9. The summed E-state index contributed by atoms with van der Waals surface area (Å²) in [5.41, 5.74) is 1.01. The Morgan fingerprint density at radius 3 is 1.88 bits per heavy atom. The number of anilines is 3. The first-order valence-corrected chi connectivity index (χ1v) is 21.2. The fourth-order valence-electron chi connectivity index (χ4n) is 5.98. The van der Waals surface area contributed by atoms with Crippen molar-refractivity contribution in [3.8, 4) is 17.2 Å². The van der Waals surface area contributed by atoms with Crippen LogP contribution in [0.15, 0.2) is 103 Å². The molecule has 0 spiro atoms. The van der Waals surface area contributed by atoms with E-state index in [1.165, 1.54) is 63.6 Å². The quantitative estimate of drug-likeness (QED) is 0.0390. The Kier molecular flexibility index (Phi) is 20.8. The van der Waals surface area contributed by atoms with Crippen molar-refractivity contribution in [2.24, 2.45) is 15.3 Å². The van der Waals surface area contributed by atoms with Gasteiger partial charge in [0.1, 0.15) is 53.3 Å². The Hall–Kier alpha value is -3.29. The predicted octanol–water partition coefficient (Wildman–Crippen LogP) is -8.33. The minimum Gasteiger partial charge on any atom is -0.744 e. The summed E-state index contributed by atoms with van der Waals surface area (Å²) < 4.78 is 118. The number of carbonyl (C=O) groups is 3. The number of phenolic OH excluding ortho intramolecular Hbond substituents is 1. The number of carbonyl (C=O) groups excluding carboxylic acids is 3. The molecule has 0 aromatic heterocycles. The molecule has 0 radical (unpaired) electrons. The Labute approximate surface area is 464 Å². The number of nitrogens with one attached hydrogen (secondary N) is 3. The van der Waals surface area contributed by atoms with Gasteiger partial charge in [-0.2, -0.15) is 10.2 Å². The number of amides is 2. The average Bonchev–Trinajstić information content (AvgIpc) is 3.18. The summed E-state index contributed by atoms with van der Waals surface area (Å²) in [6, 6.07) is 11.9. The van der Waals surface area contributed by atoms with Crippen molar-refractivity contribution in [2.45, 2.75) is 16.7 Å². The molecular formula is C37H26N6Na4O16S3. The summed E-state index contributed by atoms with van der Waals surface area (Å²) in [6.07, 6.45) is 0.867. The van der Waals surface area contributed by atoms with Crippen LogP contribution in [0.5, 0.6) is 17.2 Å². The SMILES string of the molecule is COc1ccc(C(=O)[O-])cc1N/N=C1/C(=O)c2ccc(NC(=O)Nc3cc(C)c(N=Nc4cc(S(=O)(=O)[O-])cc5cc(S(=O)(=O)[O-])cc(O)c45)cc3OC)cc2C=C1S(=O)(=O)[O-].[Na+].[Na+].[Na+].[Na+]. The monoisotopic (exact) mass is 998 g/mol. The van der Waals surface area contributed by atoms with Crippen LogP contribution in [0.2, 0.25) is 0 Å². The van der Waals surface area contributed by atoms with E-state index < -0.39 is 80.0 Å². The number of nitrogens with zero attached hydrogens (tertiary/aromatic N) is 3. The van der Waals surface area contributed by atoms with Crippen LogP contribution in [0.4, 0.5) is 33.2 Å². The van der Waals surface area contributed by atoms with Gasteiger partial charge in [-0.05, 0) is 102 Å². The van der Waals surface area contributed by atoms with Crippen LogP contribution >= 0.6 is 0 Å². The number of phenols is 1. The number of ketones is 1. The minimum absolute atomic E-state index is 0. The molecule has 0 bridgehead atoms. The van der Waals surface area contributed by atoms with Crippen molar-refractivity contribution in [3.05, 3.63) is 100.0 Å². The van der Waals surface area contributed by atoms with Crippen LogP contribution in [0, 0.1) is 6.92 Å². The smallest absolute Gasteiger partial charge is 0.744 e. The van der Waals surface area contributed by atoms with E-state index in [2.05, 4.69) is 31.4 Å². The van der Waals surface area contributed by atoms with Crippen molar-refractivity contribution >= 4 is 99.1 Å². The number of azo groups is 1. The predicted molar refractivity (Wildman–Crippen MR) is 213 cm³/mol. The summed E-state index contributed by atoms with van der Waals surface area (Å²) in [4.78, 5) is 35.2. The zero-order chi connectivity index (χ0) is 45.5. The number of carboxylic acids is 1. The summed E-state index contributed by atoms with van der Waals surface area (Å²) in [7, 11) is -13.1. The van der Waals surface area contributed by atoms with Crippen molar-refractivity contribution < 1.29 is 191 Å². The summed E-state index contributed by atoms with van der Waals surface area (Å²) >= 11 is 0. The molecule has 0 heterocycles. The maximum atomic E-state index is 13.5. The van der Waals surface area contributed by atoms with Gasteiger partial charge in [-0.1, -0.05) is 0 Å². The van der Waals surface area contributed by atoms with E-state index in [9.17, 15) is 63.5 Å². The number of rotatable bonds is 12. The zero-order valence-corrected chi connectivity index (χ0v) is 46.1. The van der Waals surface area contributed by atoms with E-state index in [0.29, 0.717) is 11.6 Å². The largest absolute Gasteiger partial charge is 1.00 e. The van der Waals surface area contributed by atoms with Crippen LogP contribution in [-0.2, 0) is 30.4 Å². The van der Waals surface area contributed by atoms with Crippen molar-refractivity contribution in [1.29, 1.82) is 0 Å². The van der Waals surface area contributed by atoms with Crippen LogP contribution in [0.25, 0.3) is 16.8 Å². The zero-order valence-electron chi connectivity index (χ0n) is 35.6. The Morgan fingerprint density at radius 2 is 1.30 bits per heavy atom. The topological polar surface area (TPSA) is 358 Å². The fraction of sp³-hybridized carbons (Fsp3) is 0.0811. The number of aryl methyl sites for hydroxylation is 1. The van der Waals surface area contributed by atoms with Gasteiger partial charge in [0.25, 0.3) is 0 Å². The number of aromatic hydroxyl groups is 1. The van der Waals surface area contributed by atoms with Gasteiger partial charge in [-0.15, -0.1) is 5.11 Å². The van der Waals surface area contributed by atoms with Gasteiger partial charge in [-0.25, -0.2) is 30.0 Å². The van der Waals surface area contributed by atoms with E-state index in [4.69, 9.17) is 9.47 Å². The number of allylic oxidation sites excluding steroid dienone is 1. The third kappa shape index (κ3) is 13.5. The summed E-state index contributed by atoms with van der Waals surface area (Å²) in [5, 5.41) is 38.3. The third-order valence-corrected chi connectivity index (χ3v) is 11.3. The number of methoxy groups -OCH3 is 2. The number of urea groups is 1. The number of hydrogen-bond donors (Lipinski definition) is 4. The number of benzene rings is 5. The van der Waals surface area contributed by atoms with Gasteiger partial charge in [0.15, 0.2) is 0 Å². The minimum atomic E-state index is -5.35. The second kappa shape index (κ2) is 23.3. The maximum absolute atomic E-state index is 13.5. The first-order valence-electron chi connectivity index (χ1n) is 17.0. The molecule has 0 unspecified atom stereocenters. The molecule has 4 N–H and O–H groups in total. The second-order valence-corrected chi connectivity index (χ2v) is 17.0. The molecule has 66 heavy (non-hydrogen) atoms. The molecule has 5 aromatic carbocycles. The Morgan fingerprint density at radius 1 is 0.697 bits per heavy atom. The molecule has 0 aliphatic heterocycles. The maximum Gasteiger partial charge on any atom is 1.00 e. The molecule has 29 heteroatoms. The van der Waals surface area contributed by atoms with Crippen LogP contribution in [0.3, 0.4) is 0 Å². The number of Topliss-reactive ketones (excluding diaryl/α,β-unsaturated/α-hetero) is 1. The Bertz CT molecular complexity index is 3220. The van der Waals surface area contributed by atoms with E-state index in [0.717, 1.165) is 30.3 Å². The van der Waals surface area contributed by atoms with Gasteiger partial charge >= 0.3 is 124 Å². The first kappa shape index (κ1) is 58.8. The molecule has 322 valence electrons. The van der Waals surface area contributed by atoms with Gasteiger partial charge in [0.05, 0.1) is 63.0 Å². The fourth-order valence-corrected chi connectivity index (χ4v) is 7.68. The molecule has 0 fully saturated rings. The van der Waals surface area contributed by atoms with Gasteiger partial charge < -0.3 is 48.8 Å². The van der Waals surface area contributed by atoms with Crippen molar-refractivity contribution in [3.63, 3.8) is 0 Å². The number of hydrazone groups is 1. The number of aromatic carboxylic acids is 1. The number of hydrogen-bond acceptors (Lipinski definition) is 20. The number of carboxylic acid groups (broad SMARTS) is 1. The third-order valence-electron chi connectivity index (χ3n) is 8.85. The van der Waals surface area contributed by atoms with Crippen molar-refractivity contribution in [1.82, 2.24) is 0 Å². The number of fused-ring (bicyclic) bond motifs is 2.